The first kappa shape index (κ1) is 23.4. The topological polar surface area (TPSA) is 102 Å². The average Bonchev–Trinajstić information content (AvgIpc) is 3.11. The normalized spacial score (nSPS) is 26.9. The van der Waals surface area contributed by atoms with Crippen LogP contribution >= 0.6 is 0 Å². The largest absolute Gasteiger partial charge is 0.453 e. The van der Waals surface area contributed by atoms with Crippen LogP contribution in [0.5, 0.6) is 0 Å². The lowest BCUT2D eigenvalue weighted by atomic mass is 9.93. The first-order chi connectivity index (χ1) is 13.9. The fraction of sp³-hybridized carbons (Fsp3) is 0.773. The van der Waals surface area contributed by atoms with Gasteiger partial charge < -0.3 is 19.9 Å². The molecule has 2 heterocycles. The van der Waals surface area contributed by atoms with Crippen molar-refractivity contribution in [3.8, 4) is 0 Å². The van der Waals surface area contributed by atoms with Gasteiger partial charge in [0.15, 0.2) is 17.7 Å². The van der Waals surface area contributed by atoms with Crippen molar-refractivity contribution in [3.05, 3.63) is 12.2 Å². The van der Waals surface area contributed by atoms with E-state index in [-0.39, 0.29) is 0 Å². The van der Waals surface area contributed by atoms with E-state index in [1.54, 1.807) is 6.08 Å². The number of unbranched alkanes of at least 4 members (excludes halogenated alkanes) is 7. The summed E-state index contributed by atoms with van der Waals surface area (Å²) in [5.74, 6) is -0.213. The minimum Gasteiger partial charge on any atom is -0.453 e. The Balaban J connectivity index is 1.56. The van der Waals surface area contributed by atoms with Gasteiger partial charge in [-0.25, -0.2) is 9.59 Å². The van der Waals surface area contributed by atoms with Crippen molar-refractivity contribution in [2.75, 3.05) is 0 Å². The van der Waals surface area contributed by atoms with Crippen molar-refractivity contribution in [3.63, 3.8) is 0 Å². The molecule has 0 aromatic carbocycles. The Hall–Kier alpha value is -1.89. The van der Waals surface area contributed by atoms with Gasteiger partial charge in [-0.15, -0.1) is 0 Å². The summed E-state index contributed by atoms with van der Waals surface area (Å²) in [6, 6.07) is 0. The summed E-state index contributed by atoms with van der Waals surface area (Å²) in [6.07, 6.45) is 10.8. The standard InChI is InChI=1S/C22H35NO6/c1-3-4-5-10-13-16(24)14-11-8-6-7-9-12-15-17(25)18-19-22(2,20(26)28-18)23-21(27)29-19/h12,15,17-19,25H,3-11,13-14H2,1-2H3,(H,23,27)/b15-12-/t17-,18+,19-,22-/m0/s1. The molecule has 7 heteroatoms. The zero-order chi connectivity index (χ0) is 21.3. The highest BCUT2D eigenvalue weighted by Gasteiger charge is 2.63. The van der Waals surface area contributed by atoms with Crippen LogP contribution in [0.25, 0.3) is 0 Å². The molecule has 4 atom stereocenters. The number of aliphatic hydroxyl groups excluding tert-OH is 1. The molecule has 7 nitrogen and oxygen atoms in total. The third kappa shape index (κ3) is 6.56. The molecule has 2 aliphatic heterocycles. The second-order valence-electron chi connectivity index (χ2n) is 8.24. The lowest BCUT2D eigenvalue weighted by molar-refractivity contribution is -0.148. The Kier molecular flexibility index (Phi) is 9.14. The number of alkyl carbamates (subject to hydrolysis) is 1. The second kappa shape index (κ2) is 11.3. The minimum absolute atomic E-state index is 0.379. The molecule has 0 saturated carbocycles. The number of ether oxygens (including phenoxy) is 2. The molecule has 2 fully saturated rings. The highest BCUT2D eigenvalue weighted by molar-refractivity contribution is 5.91. The Morgan fingerprint density at radius 1 is 1.10 bits per heavy atom. The van der Waals surface area contributed by atoms with Gasteiger partial charge in [-0.1, -0.05) is 51.2 Å². The monoisotopic (exact) mass is 409 g/mol. The summed E-state index contributed by atoms with van der Waals surface area (Å²) < 4.78 is 10.3. The molecule has 0 unspecified atom stereocenters. The summed E-state index contributed by atoms with van der Waals surface area (Å²) in [6.45, 7) is 3.71. The molecular weight excluding hydrogens is 374 g/mol. The van der Waals surface area contributed by atoms with Crippen LogP contribution in [-0.2, 0) is 19.1 Å². The van der Waals surface area contributed by atoms with Gasteiger partial charge in [-0.05, 0) is 32.6 Å². The molecule has 29 heavy (non-hydrogen) atoms. The van der Waals surface area contributed by atoms with Gasteiger partial charge in [0.25, 0.3) is 0 Å². The molecule has 0 spiro atoms. The summed E-state index contributed by atoms with van der Waals surface area (Å²) in [7, 11) is 0. The Bertz CT molecular complexity index is 604. The molecule has 2 saturated heterocycles. The Labute approximate surface area is 173 Å². The van der Waals surface area contributed by atoms with Gasteiger partial charge in [-0.2, -0.15) is 0 Å². The number of hydrogen-bond donors (Lipinski definition) is 2. The maximum atomic E-state index is 12.0. The predicted molar refractivity (Wildman–Crippen MR) is 108 cm³/mol. The number of fused-ring (bicyclic) bond motifs is 1. The summed E-state index contributed by atoms with van der Waals surface area (Å²) in [4.78, 5) is 35.2. The van der Waals surface area contributed by atoms with Crippen molar-refractivity contribution >= 4 is 17.8 Å². The molecule has 0 aromatic rings. The quantitative estimate of drug-likeness (QED) is 0.258. The molecule has 0 bridgehead atoms. The summed E-state index contributed by atoms with van der Waals surface area (Å²) in [5.41, 5.74) is -1.23. The fourth-order valence-electron chi connectivity index (χ4n) is 3.82. The van der Waals surface area contributed by atoms with Crippen LogP contribution in [0.1, 0.15) is 84.5 Å². The maximum Gasteiger partial charge on any atom is 0.408 e. The van der Waals surface area contributed by atoms with Gasteiger partial charge in [0.2, 0.25) is 0 Å². The third-order valence-corrected chi connectivity index (χ3v) is 5.69. The molecule has 164 valence electrons. The van der Waals surface area contributed by atoms with E-state index in [0.29, 0.717) is 12.2 Å². The zero-order valence-corrected chi connectivity index (χ0v) is 17.7. The number of hydrogen-bond acceptors (Lipinski definition) is 6. The summed E-state index contributed by atoms with van der Waals surface area (Å²) >= 11 is 0. The number of rotatable bonds is 14. The van der Waals surface area contributed by atoms with Crippen LogP contribution < -0.4 is 5.32 Å². The Morgan fingerprint density at radius 3 is 2.45 bits per heavy atom. The molecule has 0 aromatic heterocycles. The lowest BCUT2D eigenvalue weighted by Crippen LogP contribution is -2.50. The molecular formula is C22H35NO6. The van der Waals surface area contributed by atoms with E-state index < -0.39 is 35.9 Å². The van der Waals surface area contributed by atoms with E-state index in [2.05, 4.69) is 12.2 Å². The van der Waals surface area contributed by atoms with Gasteiger partial charge in [-0.3, -0.25) is 4.79 Å². The third-order valence-electron chi connectivity index (χ3n) is 5.69. The van der Waals surface area contributed by atoms with E-state index in [9.17, 15) is 19.5 Å². The fourth-order valence-corrected chi connectivity index (χ4v) is 3.82. The highest BCUT2D eigenvalue weighted by atomic mass is 16.6. The number of aliphatic hydroxyl groups is 1. The number of cyclic esters (lactones) is 1. The van der Waals surface area contributed by atoms with E-state index >= 15 is 0 Å². The van der Waals surface area contributed by atoms with Crippen LogP contribution in [0, 0.1) is 0 Å². The molecule has 2 rings (SSSR count). The number of nitrogens with one attached hydrogen (secondary N) is 1. The van der Waals surface area contributed by atoms with E-state index in [0.717, 1.165) is 51.4 Å². The zero-order valence-electron chi connectivity index (χ0n) is 17.7. The van der Waals surface area contributed by atoms with Crippen LogP contribution in [0.2, 0.25) is 0 Å². The molecule has 2 aliphatic rings. The average molecular weight is 410 g/mol. The van der Waals surface area contributed by atoms with Crippen LogP contribution in [-0.4, -0.2) is 46.8 Å². The highest BCUT2D eigenvalue weighted by Crippen LogP contribution is 2.34. The number of carbonyl (C=O) groups excluding carboxylic acids is 3. The van der Waals surface area contributed by atoms with E-state index in [1.165, 1.54) is 19.8 Å². The van der Waals surface area contributed by atoms with Crippen molar-refractivity contribution in [1.29, 1.82) is 0 Å². The molecule has 2 N–H and O–H groups in total. The predicted octanol–water partition coefficient (Wildman–Crippen LogP) is 3.58. The van der Waals surface area contributed by atoms with Crippen LogP contribution in [0.15, 0.2) is 12.2 Å². The first-order valence-electron chi connectivity index (χ1n) is 10.9. The molecule has 0 radical (unpaired) electrons. The maximum absolute atomic E-state index is 12.0. The van der Waals surface area contributed by atoms with Crippen molar-refractivity contribution < 1.29 is 29.0 Å². The van der Waals surface area contributed by atoms with Gasteiger partial charge in [0.1, 0.15) is 11.9 Å². The van der Waals surface area contributed by atoms with Crippen LogP contribution in [0.4, 0.5) is 4.79 Å². The SMILES string of the molecule is CCCCCCC(=O)CCCCCC/C=C\[C@H](O)[C@H]1OC(=O)[C@@]2(C)NC(=O)O[C@@H]12. The number of esters is 1. The number of ketones is 1. The summed E-state index contributed by atoms with van der Waals surface area (Å²) in [5, 5.41) is 12.8. The molecule has 1 amide bonds. The van der Waals surface area contributed by atoms with Gasteiger partial charge in [0, 0.05) is 12.8 Å². The van der Waals surface area contributed by atoms with Gasteiger partial charge in [0.05, 0.1) is 0 Å². The van der Waals surface area contributed by atoms with Crippen LogP contribution in [0.3, 0.4) is 0 Å². The Morgan fingerprint density at radius 2 is 1.76 bits per heavy atom. The van der Waals surface area contributed by atoms with E-state index in [1.807, 2.05) is 6.08 Å². The molecule has 0 aliphatic carbocycles. The lowest BCUT2D eigenvalue weighted by Gasteiger charge is -2.19. The van der Waals surface area contributed by atoms with Crippen molar-refractivity contribution in [2.24, 2.45) is 0 Å². The van der Waals surface area contributed by atoms with Gasteiger partial charge >= 0.3 is 12.1 Å². The number of Topliss-reactive ketones (excluding diaryl/α,β-unsaturated/α-hetero) is 1. The number of allylic oxidation sites excluding steroid dienone is 1. The first-order valence-corrected chi connectivity index (χ1v) is 10.9. The number of amides is 1. The minimum atomic E-state index is -1.23. The van der Waals surface area contributed by atoms with Crippen molar-refractivity contribution in [1.82, 2.24) is 5.32 Å². The van der Waals surface area contributed by atoms with E-state index in [4.69, 9.17) is 9.47 Å². The number of carbonyl (C=O) groups is 3. The smallest absolute Gasteiger partial charge is 0.408 e. The van der Waals surface area contributed by atoms with Crippen molar-refractivity contribution in [2.45, 2.75) is 108 Å². The second-order valence-corrected chi connectivity index (χ2v) is 8.24.